The number of hydrogen-bond acceptors (Lipinski definition) is 3. The number of piperazine rings is 1. The third-order valence-electron chi connectivity index (χ3n) is 6.53. The van der Waals surface area contributed by atoms with Crippen molar-refractivity contribution in [2.45, 2.75) is 32.6 Å². The Kier molecular flexibility index (Phi) is 7.46. The second-order valence-electron chi connectivity index (χ2n) is 8.59. The molecule has 2 aliphatic rings. The average Bonchev–Trinajstić information content (AvgIpc) is 3.16. The molecule has 1 aromatic carbocycles. The number of para-hydroxylation sites is 1. The molecule has 1 saturated carbocycles. The molecular weight excluding hydrogens is 388 g/mol. The van der Waals surface area contributed by atoms with Crippen molar-refractivity contribution in [1.82, 2.24) is 25.4 Å². The minimum absolute atomic E-state index is 0.314. The molecular formula is C24H36N6O. The van der Waals surface area contributed by atoms with Crippen LogP contribution >= 0.6 is 0 Å². The Morgan fingerprint density at radius 1 is 1.16 bits per heavy atom. The van der Waals surface area contributed by atoms with Crippen LogP contribution in [0.5, 0.6) is 0 Å². The van der Waals surface area contributed by atoms with Gasteiger partial charge in [0.05, 0.1) is 6.54 Å². The van der Waals surface area contributed by atoms with Crippen molar-refractivity contribution in [1.29, 1.82) is 0 Å². The van der Waals surface area contributed by atoms with Gasteiger partial charge in [0.1, 0.15) is 0 Å². The molecule has 168 valence electrons. The van der Waals surface area contributed by atoms with Gasteiger partial charge in [-0.2, -0.15) is 0 Å². The normalized spacial score (nSPS) is 18.2. The molecule has 0 spiro atoms. The predicted molar refractivity (Wildman–Crippen MR) is 126 cm³/mol. The molecule has 2 aromatic rings. The van der Waals surface area contributed by atoms with Crippen molar-refractivity contribution >= 4 is 22.8 Å². The van der Waals surface area contributed by atoms with Gasteiger partial charge in [-0.05, 0) is 37.8 Å². The Hall–Kier alpha value is -2.54. The van der Waals surface area contributed by atoms with Crippen molar-refractivity contribution in [3.63, 3.8) is 0 Å². The molecule has 2 heterocycles. The Morgan fingerprint density at radius 2 is 1.97 bits per heavy atom. The first-order chi connectivity index (χ1) is 15.2. The standard InChI is InChI=1S/C24H36N6O/c1-2-25-24(26-11-10-20-18-28-22-9-4-3-8-21(20)22)27-12-13-29-14-16-30(17-15-29)23(31)19-6-5-7-19/h3-4,8-9,18-19,28H,2,5-7,10-17H2,1H3,(H2,25,26,27). The fourth-order valence-corrected chi connectivity index (χ4v) is 4.40. The minimum atomic E-state index is 0.314. The predicted octanol–water partition coefficient (Wildman–Crippen LogP) is 2.21. The Balaban J connectivity index is 1.19. The van der Waals surface area contributed by atoms with E-state index in [2.05, 4.69) is 62.8 Å². The molecule has 0 atom stereocenters. The van der Waals surface area contributed by atoms with Gasteiger partial charge in [0.2, 0.25) is 5.91 Å². The largest absolute Gasteiger partial charge is 0.361 e. The first-order valence-corrected chi connectivity index (χ1v) is 11.8. The molecule has 1 aliphatic carbocycles. The number of aromatic nitrogens is 1. The second kappa shape index (κ2) is 10.7. The van der Waals surface area contributed by atoms with Gasteiger partial charge in [-0.15, -0.1) is 0 Å². The fraction of sp³-hybridized carbons (Fsp3) is 0.583. The quantitative estimate of drug-likeness (QED) is 0.449. The molecule has 31 heavy (non-hydrogen) atoms. The van der Waals surface area contributed by atoms with Crippen molar-refractivity contribution in [3.05, 3.63) is 36.0 Å². The Bertz CT molecular complexity index is 879. The van der Waals surface area contributed by atoms with E-state index in [0.717, 1.165) is 77.6 Å². The van der Waals surface area contributed by atoms with E-state index in [9.17, 15) is 4.79 Å². The Labute approximate surface area is 185 Å². The fourth-order valence-electron chi connectivity index (χ4n) is 4.40. The van der Waals surface area contributed by atoms with Gasteiger partial charge in [0.15, 0.2) is 5.96 Å². The van der Waals surface area contributed by atoms with E-state index in [4.69, 9.17) is 4.99 Å². The molecule has 7 nitrogen and oxygen atoms in total. The number of benzene rings is 1. The van der Waals surface area contributed by atoms with E-state index in [1.165, 1.54) is 22.9 Å². The zero-order valence-electron chi connectivity index (χ0n) is 18.7. The van der Waals surface area contributed by atoms with Crippen LogP contribution in [0.15, 0.2) is 35.5 Å². The van der Waals surface area contributed by atoms with Crippen LogP contribution < -0.4 is 10.6 Å². The number of aliphatic imine (C=N–C) groups is 1. The average molecular weight is 425 g/mol. The first kappa shape index (κ1) is 21.7. The number of hydrogen-bond donors (Lipinski definition) is 3. The number of guanidine groups is 1. The molecule has 0 radical (unpaired) electrons. The topological polar surface area (TPSA) is 75.8 Å². The van der Waals surface area contributed by atoms with Gasteiger partial charge >= 0.3 is 0 Å². The summed E-state index contributed by atoms with van der Waals surface area (Å²) in [6, 6.07) is 8.42. The second-order valence-corrected chi connectivity index (χ2v) is 8.59. The lowest BCUT2D eigenvalue weighted by molar-refractivity contribution is -0.139. The van der Waals surface area contributed by atoms with Gasteiger partial charge in [-0.3, -0.25) is 14.7 Å². The molecule has 1 saturated heterocycles. The summed E-state index contributed by atoms with van der Waals surface area (Å²) in [7, 11) is 0. The Morgan fingerprint density at radius 3 is 2.71 bits per heavy atom. The minimum Gasteiger partial charge on any atom is -0.361 e. The van der Waals surface area contributed by atoms with Crippen LogP contribution in [-0.4, -0.2) is 79.0 Å². The summed E-state index contributed by atoms with van der Waals surface area (Å²) in [5.74, 6) is 1.58. The number of amides is 1. The zero-order chi connectivity index (χ0) is 21.5. The lowest BCUT2D eigenvalue weighted by Crippen LogP contribution is -2.51. The van der Waals surface area contributed by atoms with Crippen LogP contribution in [-0.2, 0) is 11.2 Å². The number of carbonyl (C=O) groups is 1. The molecule has 0 bridgehead atoms. The summed E-state index contributed by atoms with van der Waals surface area (Å²) in [6.07, 6.45) is 6.46. The van der Waals surface area contributed by atoms with E-state index in [-0.39, 0.29) is 0 Å². The van der Waals surface area contributed by atoms with Crippen LogP contribution in [0.2, 0.25) is 0 Å². The summed E-state index contributed by atoms with van der Waals surface area (Å²) in [6.45, 7) is 9.12. The highest BCUT2D eigenvalue weighted by Gasteiger charge is 2.30. The van der Waals surface area contributed by atoms with E-state index in [1.807, 2.05) is 0 Å². The maximum absolute atomic E-state index is 12.4. The van der Waals surface area contributed by atoms with Crippen LogP contribution in [0.4, 0.5) is 0 Å². The van der Waals surface area contributed by atoms with Gasteiger partial charge in [0, 0.05) is 68.8 Å². The van der Waals surface area contributed by atoms with Gasteiger partial charge < -0.3 is 20.5 Å². The van der Waals surface area contributed by atoms with Crippen molar-refractivity contribution in [3.8, 4) is 0 Å². The van der Waals surface area contributed by atoms with Crippen molar-refractivity contribution in [2.75, 3.05) is 52.4 Å². The zero-order valence-corrected chi connectivity index (χ0v) is 18.7. The SMILES string of the molecule is CCNC(=NCCN1CCN(C(=O)C2CCC2)CC1)NCCc1c[nH]c2ccccc12. The number of fused-ring (bicyclic) bond motifs is 1. The highest BCUT2D eigenvalue weighted by molar-refractivity contribution is 5.83. The van der Waals surface area contributed by atoms with Crippen LogP contribution in [0.1, 0.15) is 31.7 Å². The number of aromatic amines is 1. The van der Waals surface area contributed by atoms with Crippen molar-refractivity contribution in [2.24, 2.45) is 10.9 Å². The molecule has 4 rings (SSSR count). The lowest BCUT2D eigenvalue weighted by atomic mass is 9.84. The molecule has 1 amide bonds. The highest BCUT2D eigenvalue weighted by atomic mass is 16.2. The van der Waals surface area contributed by atoms with Gasteiger partial charge in [-0.25, -0.2) is 0 Å². The highest BCUT2D eigenvalue weighted by Crippen LogP contribution is 2.28. The summed E-state index contributed by atoms with van der Waals surface area (Å²) in [4.78, 5) is 25.0. The number of nitrogens with one attached hydrogen (secondary N) is 3. The van der Waals surface area contributed by atoms with E-state index < -0.39 is 0 Å². The number of H-pyrrole nitrogens is 1. The lowest BCUT2D eigenvalue weighted by Gasteiger charge is -2.38. The molecule has 3 N–H and O–H groups in total. The maximum Gasteiger partial charge on any atom is 0.225 e. The summed E-state index contributed by atoms with van der Waals surface area (Å²) in [5, 5.41) is 8.10. The number of carbonyl (C=O) groups excluding carboxylic acids is 1. The molecule has 1 aromatic heterocycles. The monoisotopic (exact) mass is 424 g/mol. The van der Waals surface area contributed by atoms with E-state index >= 15 is 0 Å². The smallest absolute Gasteiger partial charge is 0.225 e. The summed E-state index contributed by atoms with van der Waals surface area (Å²) in [5.41, 5.74) is 2.51. The third kappa shape index (κ3) is 5.58. The molecule has 7 heteroatoms. The van der Waals surface area contributed by atoms with Gasteiger partial charge in [0.25, 0.3) is 0 Å². The number of rotatable bonds is 8. The summed E-state index contributed by atoms with van der Waals surface area (Å²) < 4.78 is 0. The molecule has 0 unspecified atom stereocenters. The molecule has 2 fully saturated rings. The number of nitrogens with zero attached hydrogens (tertiary/aromatic N) is 3. The van der Waals surface area contributed by atoms with E-state index in [1.54, 1.807) is 0 Å². The first-order valence-electron chi connectivity index (χ1n) is 11.8. The van der Waals surface area contributed by atoms with Crippen molar-refractivity contribution < 1.29 is 4.79 Å². The van der Waals surface area contributed by atoms with Gasteiger partial charge in [-0.1, -0.05) is 24.6 Å². The molecule has 1 aliphatic heterocycles. The maximum atomic E-state index is 12.4. The van der Waals surface area contributed by atoms with Crippen LogP contribution in [0.25, 0.3) is 10.9 Å². The summed E-state index contributed by atoms with van der Waals surface area (Å²) >= 11 is 0. The van der Waals surface area contributed by atoms with Crippen LogP contribution in [0, 0.1) is 5.92 Å². The third-order valence-corrected chi connectivity index (χ3v) is 6.53. The van der Waals surface area contributed by atoms with Crippen LogP contribution in [0.3, 0.4) is 0 Å². The van der Waals surface area contributed by atoms with E-state index in [0.29, 0.717) is 11.8 Å².